The van der Waals surface area contributed by atoms with E-state index in [1.807, 2.05) is 0 Å². The minimum absolute atomic E-state index is 0.0822. The van der Waals surface area contributed by atoms with Crippen LogP contribution < -0.4 is 15.8 Å². The number of rotatable bonds is 6. The number of nitrogens with two attached hydrogens (primary N) is 1. The predicted molar refractivity (Wildman–Crippen MR) is 65.5 cm³/mol. The molecule has 1 aromatic rings. The number of benzene rings is 1. The van der Waals surface area contributed by atoms with Crippen molar-refractivity contribution in [3.63, 3.8) is 0 Å². The highest BCUT2D eigenvalue weighted by atomic mass is 19.4. The van der Waals surface area contributed by atoms with E-state index in [0.29, 0.717) is 0 Å². The van der Waals surface area contributed by atoms with Crippen LogP contribution in [0.2, 0.25) is 0 Å². The first-order valence-electron chi connectivity index (χ1n) is 5.66. The lowest BCUT2D eigenvalue weighted by Crippen LogP contribution is -2.36. The number of non-ortho nitro benzene ring substituents is 1. The van der Waals surface area contributed by atoms with Gasteiger partial charge in [0.1, 0.15) is 12.3 Å². The van der Waals surface area contributed by atoms with Crippen molar-refractivity contribution in [2.24, 2.45) is 5.73 Å². The average molecular weight is 307 g/mol. The summed E-state index contributed by atoms with van der Waals surface area (Å²) in [6.45, 7) is -2.19. The normalized spacial score (nSPS) is 11.0. The molecule has 1 aromatic carbocycles. The lowest BCUT2D eigenvalue weighted by Gasteiger charge is -2.11. The van der Waals surface area contributed by atoms with Crippen LogP contribution in [-0.2, 0) is 11.3 Å². The number of amides is 1. The second-order valence-electron chi connectivity index (χ2n) is 3.93. The van der Waals surface area contributed by atoms with E-state index in [9.17, 15) is 28.1 Å². The number of alkyl halides is 3. The van der Waals surface area contributed by atoms with Gasteiger partial charge in [-0.25, -0.2) is 0 Å². The summed E-state index contributed by atoms with van der Waals surface area (Å²) in [5.74, 6) is -0.862. The molecule has 0 spiro atoms. The molecule has 0 aromatic heterocycles. The molecule has 0 bridgehead atoms. The SMILES string of the molecule is NCc1cc([N+](=O)[O-])ccc1OCC(=O)NCC(F)(F)F. The Balaban J connectivity index is 2.63. The van der Waals surface area contributed by atoms with E-state index in [2.05, 4.69) is 0 Å². The minimum atomic E-state index is -4.51. The third kappa shape index (κ3) is 5.65. The Bertz CT molecular complexity index is 534. The molecule has 0 aliphatic carbocycles. The molecule has 21 heavy (non-hydrogen) atoms. The average Bonchev–Trinajstić information content (AvgIpc) is 2.41. The Morgan fingerprint density at radius 1 is 1.43 bits per heavy atom. The number of hydrogen-bond acceptors (Lipinski definition) is 5. The molecule has 1 amide bonds. The molecule has 0 atom stereocenters. The zero-order chi connectivity index (χ0) is 16.0. The molecular weight excluding hydrogens is 295 g/mol. The molecule has 0 fully saturated rings. The van der Waals surface area contributed by atoms with Crippen molar-refractivity contribution in [1.29, 1.82) is 0 Å². The van der Waals surface area contributed by atoms with Gasteiger partial charge in [0.15, 0.2) is 6.61 Å². The number of nitrogens with zero attached hydrogens (tertiary/aromatic N) is 1. The molecule has 10 heteroatoms. The maximum atomic E-state index is 11.9. The number of halogens is 3. The lowest BCUT2D eigenvalue weighted by molar-refractivity contribution is -0.384. The zero-order valence-electron chi connectivity index (χ0n) is 10.6. The van der Waals surface area contributed by atoms with Gasteiger partial charge in [-0.3, -0.25) is 14.9 Å². The molecule has 7 nitrogen and oxygen atoms in total. The van der Waals surface area contributed by atoms with Gasteiger partial charge in [0.05, 0.1) is 4.92 Å². The van der Waals surface area contributed by atoms with E-state index in [1.165, 1.54) is 12.1 Å². The van der Waals surface area contributed by atoms with Crippen LogP contribution in [0.15, 0.2) is 18.2 Å². The van der Waals surface area contributed by atoms with Gasteiger partial charge in [0.2, 0.25) is 0 Å². The quantitative estimate of drug-likeness (QED) is 0.604. The van der Waals surface area contributed by atoms with Gasteiger partial charge >= 0.3 is 6.18 Å². The van der Waals surface area contributed by atoms with Crippen LogP contribution >= 0.6 is 0 Å². The van der Waals surface area contributed by atoms with Crippen LogP contribution in [0.4, 0.5) is 18.9 Å². The van der Waals surface area contributed by atoms with Crippen molar-refractivity contribution in [2.75, 3.05) is 13.2 Å². The van der Waals surface area contributed by atoms with Gasteiger partial charge in [-0.15, -0.1) is 0 Å². The molecule has 0 saturated heterocycles. The van der Waals surface area contributed by atoms with Gasteiger partial charge < -0.3 is 15.8 Å². The van der Waals surface area contributed by atoms with Crippen LogP contribution in [-0.4, -0.2) is 30.2 Å². The molecule has 1 rings (SSSR count). The van der Waals surface area contributed by atoms with Crippen molar-refractivity contribution < 1.29 is 27.6 Å². The van der Waals surface area contributed by atoms with Crippen molar-refractivity contribution in [2.45, 2.75) is 12.7 Å². The lowest BCUT2D eigenvalue weighted by atomic mass is 10.2. The number of nitro benzene ring substituents is 1. The fraction of sp³-hybridized carbons (Fsp3) is 0.364. The molecule has 0 heterocycles. The molecular formula is C11H12F3N3O4. The smallest absolute Gasteiger partial charge is 0.405 e. The second-order valence-corrected chi connectivity index (χ2v) is 3.93. The molecule has 0 saturated carbocycles. The molecule has 0 aliphatic rings. The summed E-state index contributed by atoms with van der Waals surface area (Å²) < 4.78 is 40.7. The second kappa shape index (κ2) is 6.88. The van der Waals surface area contributed by atoms with Gasteiger partial charge in [-0.2, -0.15) is 13.2 Å². The van der Waals surface area contributed by atoms with Gasteiger partial charge in [-0.1, -0.05) is 0 Å². The standard InChI is InChI=1S/C11H12F3N3O4/c12-11(13,14)6-16-10(18)5-21-9-2-1-8(17(19)20)3-7(9)4-15/h1-3H,4-6,15H2,(H,16,18). The Morgan fingerprint density at radius 2 is 2.10 bits per heavy atom. The topological polar surface area (TPSA) is 107 Å². The highest BCUT2D eigenvalue weighted by Gasteiger charge is 2.27. The van der Waals surface area contributed by atoms with E-state index in [1.54, 1.807) is 5.32 Å². The Hall–Kier alpha value is -2.36. The molecule has 3 N–H and O–H groups in total. The maximum absolute atomic E-state index is 11.9. The molecule has 0 aliphatic heterocycles. The van der Waals surface area contributed by atoms with Crippen LogP contribution in [0, 0.1) is 10.1 Å². The monoisotopic (exact) mass is 307 g/mol. The first-order chi connectivity index (χ1) is 9.73. The summed E-state index contributed by atoms with van der Waals surface area (Å²) in [6, 6.07) is 3.54. The van der Waals surface area contributed by atoms with Crippen molar-refractivity contribution in [1.82, 2.24) is 5.32 Å². The minimum Gasteiger partial charge on any atom is -0.483 e. The van der Waals surface area contributed by atoms with Crippen molar-refractivity contribution in [3.8, 4) is 5.75 Å². The summed E-state index contributed by atoms with van der Waals surface area (Å²) in [4.78, 5) is 21.1. The fourth-order valence-electron chi connectivity index (χ4n) is 1.37. The maximum Gasteiger partial charge on any atom is 0.405 e. The summed E-state index contributed by atoms with van der Waals surface area (Å²) in [7, 11) is 0. The number of ether oxygens (including phenoxy) is 1. The third-order valence-electron chi connectivity index (χ3n) is 2.32. The van der Waals surface area contributed by atoms with Gasteiger partial charge in [0.25, 0.3) is 11.6 Å². The summed E-state index contributed by atoms with van der Waals surface area (Å²) in [5.41, 5.74) is 5.46. The van der Waals surface area contributed by atoms with Crippen LogP contribution in [0.3, 0.4) is 0 Å². The first kappa shape index (κ1) is 16.7. The summed E-state index contributed by atoms with van der Waals surface area (Å²) in [6.07, 6.45) is -4.51. The van der Waals surface area contributed by atoms with Crippen LogP contribution in [0.25, 0.3) is 0 Å². The predicted octanol–water partition coefficient (Wildman–Crippen LogP) is 1.11. The van der Waals surface area contributed by atoms with Crippen molar-refractivity contribution >= 4 is 11.6 Å². The van der Waals surface area contributed by atoms with E-state index in [-0.39, 0.29) is 23.5 Å². The Kier molecular flexibility index (Phi) is 5.47. The van der Waals surface area contributed by atoms with E-state index in [0.717, 1.165) is 6.07 Å². The van der Waals surface area contributed by atoms with Crippen LogP contribution in [0.1, 0.15) is 5.56 Å². The zero-order valence-corrected chi connectivity index (χ0v) is 10.6. The third-order valence-corrected chi connectivity index (χ3v) is 2.32. The van der Waals surface area contributed by atoms with E-state index >= 15 is 0 Å². The molecule has 0 unspecified atom stereocenters. The summed E-state index contributed by atoms with van der Waals surface area (Å²) in [5, 5.41) is 12.2. The first-order valence-corrected chi connectivity index (χ1v) is 5.66. The Morgan fingerprint density at radius 3 is 2.62 bits per heavy atom. The highest BCUT2D eigenvalue weighted by Crippen LogP contribution is 2.23. The van der Waals surface area contributed by atoms with E-state index < -0.39 is 30.2 Å². The Labute approximate surface area is 117 Å². The number of nitrogens with one attached hydrogen (secondary N) is 1. The van der Waals surface area contributed by atoms with E-state index in [4.69, 9.17) is 10.5 Å². The number of nitro groups is 1. The molecule has 0 radical (unpaired) electrons. The van der Waals surface area contributed by atoms with Gasteiger partial charge in [-0.05, 0) is 6.07 Å². The highest BCUT2D eigenvalue weighted by molar-refractivity contribution is 5.77. The van der Waals surface area contributed by atoms with Crippen molar-refractivity contribution in [3.05, 3.63) is 33.9 Å². The number of hydrogen-bond donors (Lipinski definition) is 2. The summed E-state index contributed by atoms with van der Waals surface area (Å²) >= 11 is 0. The number of carbonyl (C=O) groups excluding carboxylic acids is 1. The molecule has 116 valence electrons. The largest absolute Gasteiger partial charge is 0.483 e. The fourth-order valence-corrected chi connectivity index (χ4v) is 1.37. The number of carbonyl (C=O) groups is 1. The van der Waals surface area contributed by atoms with Gasteiger partial charge in [0, 0.05) is 24.2 Å². The van der Waals surface area contributed by atoms with Crippen LogP contribution in [0.5, 0.6) is 5.75 Å².